The normalized spacial score (nSPS) is 11.4. The molecule has 3 rings (SSSR count). The first-order valence-corrected chi connectivity index (χ1v) is 11.7. The van der Waals surface area contributed by atoms with Crippen LogP contribution in [0.4, 0.5) is 9.18 Å². The Balaban J connectivity index is 2.01. The number of rotatable bonds is 7. The van der Waals surface area contributed by atoms with Crippen LogP contribution in [0, 0.1) is 5.82 Å². The lowest BCUT2D eigenvalue weighted by atomic mass is 10.1. The summed E-state index contributed by atoms with van der Waals surface area (Å²) in [5.74, 6) is -2.47. The van der Waals surface area contributed by atoms with Crippen LogP contribution in [0.15, 0.2) is 46.2 Å². The topological polar surface area (TPSA) is 159 Å². The summed E-state index contributed by atoms with van der Waals surface area (Å²) in [5, 5.41) is 22.1. The average molecular weight is 492 g/mol. The molecule has 0 spiro atoms. The number of nitrogens with one attached hydrogen (secondary N) is 1. The Hall–Kier alpha value is -4.00. The number of carbonyl (C=O) groups excluding carboxylic acids is 1. The van der Waals surface area contributed by atoms with Crippen molar-refractivity contribution in [1.29, 1.82) is 0 Å². The number of carbonyl (C=O) groups is 2. The minimum absolute atomic E-state index is 0.0520. The fraction of sp³-hybridized carbons (Fsp3) is 0.238. The molecule has 2 aromatic heterocycles. The van der Waals surface area contributed by atoms with Crippen LogP contribution in [-0.4, -0.2) is 64.9 Å². The first-order valence-electron chi connectivity index (χ1n) is 9.83. The number of pyridine rings is 2. The van der Waals surface area contributed by atoms with Crippen molar-refractivity contribution in [3.63, 3.8) is 0 Å². The Morgan fingerprint density at radius 1 is 1.26 bits per heavy atom. The summed E-state index contributed by atoms with van der Waals surface area (Å²) in [6.07, 6.45) is 1.02. The highest BCUT2D eigenvalue weighted by atomic mass is 32.2. The molecule has 3 N–H and O–H groups in total. The number of carboxylic acid groups (broad SMARTS) is 1. The van der Waals surface area contributed by atoms with Crippen molar-refractivity contribution in [2.75, 3.05) is 19.8 Å². The number of hydrogen-bond donors (Lipinski definition) is 3. The van der Waals surface area contributed by atoms with Gasteiger partial charge in [-0.25, -0.2) is 17.6 Å². The third kappa shape index (κ3) is 4.98. The van der Waals surface area contributed by atoms with Gasteiger partial charge in [0.05, 0.1) is 10.4 Å². The number of amides is 2. The lowest BCUT2D eigenvalue weighted by Crippen LogP contribution is -2.36. The van der Waals surface area contributed by atoms with Gasteiger partial charge in [0.2, 0.25) is 0 Å². The first-order chi connectivity index (χ1) is 15.9. The van der Waals surface area contributed by atoms with Gasteiger partial charge >= 0.3 is 6.09 Å². The molecule has 0 atom stereocenters. The van der Waals surface area contributed by atoms with Crippen LogP contribution >= 0.6 is 0 Å². The molecule has 0 aliphatic carbocycles. The van der Waals surface area contributed by atoms with Crippen molar-refractivity contribution in [2.45, 2.75) is 18.0 Å². The SMILES string of the molecule is CN(CCn1c(=O)c(C(=O)NCc2ccc(F)cc2S(C)(=O)=O)c(O)c2ncccc21)C(=O)O. The van der Waals surface area contributed by atoms with E-state index in [0.29, 0.717) is 0 Å². The van der Waals surface area contributed by atoms with Crippen LogP contribution in [-0.2, 0) is 22.9 Å². The Morgan fingerprint density at radius 2 is 1.97 bits per heavy atom. The number of fused-ring (bicyclic) bond motifs is 1. The molecular weight excluding hydrogens is 471 g/mol. The molecule has 13 heteroatoms. The van der Waals surface area contributed by atoms with Crippen molar-refractivity contribution < 1.29 is 32.6 Å². The molecule has 11 nitrogen and oxygen atoms in total. The summed E-state index contributed by atoms with van der Waals surface area (Å²) in [7, 11) is -2.50. The van der Waals surface area contributed by atoms with Crippen molar-refractivity contribution in [3.8, 4) is 5.75 Å². The number of aromatic nitrogens is 2. The Kier molecular flexibility index (Phi) is 6.86. The van der Waals surface area contributed by atoms with Crippen molar-refractivity contribution in [1.82, 2.24) is 19.8 Å². The molecule has 0 saturated carbocycles. The second-order valence-corrected chi connectivity index (χ2v) is 9.45. The molecule has 2 amide bonds. The summed E-state index contributed by atoms with van der Waals surface area (Å²) in [6.45, 7) is -0.582. The minimum atomic E-state index is -3.81. The lowest BCUT2D eigenvalue weighted by Gasteiger charge is -2.17. The van der Waals surface area contributed by atoms with Crippen LogP contribution < -0.4 is 10.9 Å². The third-order valence-corrected chi connectivity index (χ3v) is 6.26. The predicted molar refractivity (Wildman–Crippen MR) is 119 cm³/mol. The Labute approximate surface area is 193 Å². The summed E-state index contributed by atoms with van der Waals surface area (Å²) in [4.78, 5) is 41.7. The first kappa shape index (κ1) is 24.6. The van der Waals surface area contributed by atoms with Crippen LogP contribution in [0.5, 0.6) is 5.75 Å². The van der Waals surface area contributed by atoms with E-state index in [1.54, 1.807) is 0 Å². The van der Waals surface area contributed by atoms with E-state index in [2.05, 4.69) is 10.3 Å². The summed E-state index contributed by atoms with van der Waals surface area (Å²) < 4.78 is 38.6. The Bertz CT molecular complexity index is 1450. The molecule has 0 unspecified atom stereocenters. The van der Waals surface area contributed by atoms with E-state index < -0.39 is 44.5 Å². The molecular formula is C21H21FN4O7S. The number of sulfone groups is 1. The van der Waals surface area contributed by atoms with Gasteiger partial charge in [0.25, 0.3) is 11.5 Å². The molecule has 0 aliphatic heterocycles. The monoisotopic (exact) mass is 492 g/mol. The fourth-order valence-corrected chi connectivity index (χ4v) is 4.26. The number of benzene rings is 1. The van der Waals surface area contributed by atoms with E-state index in [4.69, 9.17) is 5.11 Å². The number of nitrogens with zero attached hydrogens (tertiary/aromatic N) is 3. The average Bonchev–Trinajstić information content (AvgIpc) is 2.77. The molecule has 1 aromatic carbocycles. The van der Waals surface area contributed by atoms with Gasteiger partial charge in [-0.15, -0.1) is 0 Å². The maximum atomic E-state index is 13.5. The van der Waals surface area contributed by atoms with E-state index in [-0.39, 0.29) is 41.1 Å². The zero-order valence-electron chi connectivity index (χ0n) is 18.1. The smallest absolute Gasteiger partial charge is 0.407 e. The molecule has 3 aromatic rings. The number of halogens is 1. The highest BCUT2D eigenvalue weighted by molar-refractivity contribution is 7.90. The molecule has 0 fully saturated rings. The van der Waals surface area contributed by atoms with Gasteiger partial charge < -0.3 is 25.0 Å². The molecule has 180 valence electrons. The summed E-state index contributed by atoms with van der Waals surface area (Å²) in [6, 6.07) is 6.04. The standard InChI is InChI=1S/C21H21FN4O7S/c1-25(21(30)31)8-9-26-14-4-3-7-23-17(14)18(27)16(20(26)29)19(28)24-11-12-5-6-13(22)10-15(12)34(2,32)33/h3-7,10,27H,8-9,11H2,1-2H3,(H,24,28)(H,30,31). The predicted octanol–water partition coefficient (Wildman–Crippen LogP) is 1.18. The second-order valence-electron chi connectivity index (χ2n) is 7.46. The van der Waals surface area contributed by atoms with Gasteiger partial charge in [-0.05, 0) is 29.8 Å². The number of likely N-dealkylation sites (N-methyl/N-ethyl adjacent to an activating group) is 1. The van der Waals surface area contributed by atoms with Gasteiger partial charge in [-0.1, -0.05) is 6.07 Å². The van der Waals surface area contributed by atoms with Crippen LogP contribution in [0.3, 0.4) is 0 Å². The Morgan fingerprint density at radius 3 is 2.62 bits per heavy atom. The van der Waals surface area contributed by atoms with Crippen molar-refractivity contribution >= 4 is 32.9 Å². The van der Waals surface area contributed by atoms with Crippen molar-refractivity contribution in [2.24, 2.45) is 0 Å². The number of hydrogen-bond acceptors (Lipinski definition) is 7. The second kappa shape index (κ2) is 9.47. The van der Waals surface area contributed by atoms with E-state index in [0.717, 1.165) is 27.9 Å². The van der Waals surface area contributed by atoms with Gasteiger partial charge in [0.15, 0.2) is 15.6 Å². The number of aromatic hydroxyl groups is 1. The molecule has 0 aliphatic rings. The molecule has 2 heterocycles. The van der Waals surface area contributed by atoms with Crippen LogP contribution in [0.2, 0.25) is 0 Å². The van der Waals surface area contributed by atoms with Gasteiger partial charge in [-0.3, -0.25) is 14.6 Å². The zero-order chi connectivity index (χ0) is 25.2. The molecule has 0 saturated heterocycles. The van der Waals surface area contributed by atoms with E-state index >= 15 is 0 Å². The summed E-state index contributed by atoms with van der Waals surface area (Å²) in [5.41, 5.74) is -1.31. The third-order valence-electron chi connectivity index (χ3n) is 5.08. The largest absolute Gasteiger partial charge is 0.505 e. The molecule has 34 heavy (non-hydrogen) atoms. The quantitative estimate of drug-likeness (QED) is 0.443. The summed E-state index contributed by atoms with van der Waals surface area (Å²) >= 11 is 0. The zero-order valence-corrected chi connectivity index (χ0v) is 19.0. The van der Waals surface area contributed by atoms with E-state index in [1.165, 1.54) is 31.4 Å². The highest BCUT2D eigenvalue weighted by Crippen LogP contribution is 2.24. The molecule has 0 bridgehead atoms. The van der Waals surface area contributed by atoms with E-state index in [1.807, 2.05) is 0 Å². The highest BCUT2D eigenvalue weighted by Gasteiger charge is 2.24. The minimum Gasteiger partial charge on any atom is -0.505 e. The van der Waals surface area contributed by atoms with Crippen LogP contribution in [0.1, 0.15) is 15.9 Å². The van der Waals surface area contributed by atoms with Crippen LogP contribution in [0.25, 0.3) is 11.0 Å². The van der Waals surface area contributed by atoms with Crippen molar-refractivity contribution in [3.05, 3.63) is 63.8 Å². The van der Waals surface area contributed by atoms with Gasteiger partial charge in [0, 0.05) is 39.1 Å². The van der Waals surface area contributed by atoms with Gasteiger partial charge in [-0.2, -0.15) is 0 Å². The fourth-order valence-electron chi connectivity index (χ4n) is 3.32. The maximum absolute atomic E-state index is 13.5. The van der Waals surface area contributed by atoms with E-state index in [9.17, 15) is 32.3 Å². The maximum Gasteiger partial charge on any atom is 0.407 e. The van der Waals surface area contributed by atoms with Gasteiger partial charge in [0.1, 0.15) is 16.9 Å². The molecule has 0 radical (unpaired) electrons. The lowest BCUT2D eigenvalue weighted by molar-refractivity contribution is 0.0945.